The van der Waals surface area contributed by atoms with E-state index in [1.165, 1.54) is 5.57 Å². The maximum atomic E-state index is 9.03. The van der Waals surface area contributed by atoms with Gasteiger partial charge < -0.3 is 5.11 Å². The first-order valence-corrected chi connectivity index (χ1v) is 4.69. The monoisotopic (exact) mass is 170 g/mol. The molecule has 1 nitrogen and oxygen atoms in total. The van der Waals surface area contributed by atoms with Crippen molar-refractivity contribution in [3.63, 3.8) is 0 Å². The molecule has 0 aromatic heterocycles. The van der Waals surface area contributed by atoms with Crippen molar-refractivity contribution < 1.29 is 5.11 Å². The van der Waals surface area contributed by atoms with E-state index in [0.29, 0.717) is 11.3 Å². The molecule has 0 aromatic rings. The SMILES string of the molecule is C=C(CC(C)(C)C)C(CC)CO. The molecule has 72 valence electrons. The minimum atomic E-state index is 0.241. The average Bonchev–Trinajstić information content (AvgIpc) is 1.85. The Labute approximate surface area is 76.5 Å². The van der Waals surface area contributed by atoms with Crippen LogP contribution in [0.4, 0.5) is 0 Å². The smallest absolute Gasteiger partial charge is 0.0496 e. The predicted molar refractivity (Wildman–Crippen MR) is 54.1 cm³/mol. The molecule has 0 rings (SSSR count). The van der Waals surface area contributed by atoms with Crippen LogP contribution in [0.5, 0.6) is 0 Å². The molecule has 0 aliphatic heterocycles. The Morgan fingerprint density at radius 1 is 1.42 bits per heavy atom. The molecule has 1 heteroatoms. The lowest BCUT2D eigenvalue weighted by atomic mass is 9.83. The van der Waals surface area contributed by atoms with Gasteiger partial charge in [-0.3, -0.25) is 0 Å². The van der Waals surface area contributed by atoms with E-state index < -0.39 is 0 Å². The highest BCUT2D eigenvalue weighted by Gasteiger charge is 2.16. The van der Waals surface area contributed by atoms with Crippen LogP contribution < -0.4 is 0 Å². The van der Waals surface area contributed by atoms with Gasteiger partial charge in [0.05, 0.1) is 0 Å². The zero-order chi connectivity index (χ0) is 9.78. The Hall–Kier alpha value is -0.300. The first-order chi connectivity index (χ1) is 5.40. The largest absolute Gasteiger partial charge is 0.396 e. The zero-order valence-corrected chi connectivity index (χ0v) is 8.85. The van der Waals surface area contributed by atoms with Crippen LogP contribution in [0, 0.1) is 11.3 Å². The maximum absolute atomic E-state index is 9.03. The summed E-state index contributed by atoms with van der Waals surface area (Å²) >= 11 is 0. The van der Waals surface area contributed by atoms with Crippen molar-refractivity contribution in [2.24, 2.45) is 11.3 Å². The van der Waals surface area contributed by atoms with Crippen LogP contribution >= 0.6 is 0 Å². The fourth-order valence-electron chi connectivity index (χ4n) is 1.37. The van der Waals surface area contributed by atoms with Gasteiger partial charge in [0.2, 0.25) is 0 Å². The molecule has 1 atom stereocenters. The summed E-state index contributed by atoms with van der Waals surface area (Å²) in [6, 6.07) is 0. The Morgan fingerprint density at radius 3 is 2.17 bits per heavy atom. The highest BCUT2D eigenvalue weighted by atomic mass is 16.3. The van der Waals surface area contributed by atoms with E-state index >= 15 is 0 Å². The van der Waals surface area contributed by atoms with E-state index in [0.717, 1.165) is 12.8 Å². The number of aliphatic hydroxyl groups is 1. The van der Waals surface area contributed by atoms with Crippen LogP contribution in [0.25, 0.3) is 0 Å². The first kappa shape index (κ1) is 11.7. The Bertz CT molecular complexity index is 138. The van der Waals surface area contributed by atoms with Crippen molar-refractivity contribution in [1.29, 1.82) is 0 Å². The molecule has 0 spiro atoms. The van der Waals surface area contributed by atoms with Gasteiger partial charge in [-0.2, -0.15) is 0 Å². The zero-order valence-electron chi connectivity index (χ0n) is 8.85. The van der Waals surface area contributed by atoms with Crippen molar-refractivity contribution in [2.75, 3.05) is 6.61 Å². The molecule has 1 N–H and O–H groups in total. The quantitative estimate of drug-likeness (QED) is 0.643. The highest BCUT2D eigenvalue weighted by molar-refractivity contribution is 5.02. The van der Waals surface area contributed by atoms with Crippen LogP contribution in [-0.4, -0.2) is 11.7 Å². The minimum Gasteiger partial charge on any atom is -0.396 e. The van der Waals surface area contributed by atoms with E-state index in [1.54, 1.807) is 0 Å². The van der Waals surface area contributed by atoms with Gasteiger partial charge in [0, 0.05) is 12.5 Å². The molecule has 12 heavy (non-hydrogen) atoms. The van der Waals surface area contributed by atoms with Gasteiger partial charge in [0.25, 0.3) is 0 Å². The van der Waals surface area contributed by atoms with Crippen LogP contribution in [0.2, 0.25) is 0 Å². The summed E-state index contributed by atoms with van der Waals surface area (Å²) in [5.74, 6) is 0.296. The third-order valence-electron chi connectivity index (χ3n) is 2.05. The lowest BCUT2D eigenvalue weighted by molar-refractivity contribution is 0.234. The minimum absolute atomic E-state index is 0.241. The van der Waals surface area contributed by atoms with Gasteiger partial charge in [0.15, 0.2) is 0 Å². The second kappa shape index (κ2) is 4.66. The molecule has 0 aliphatic rings. The standard InChI is InChI=1S/C11H22O/c1-6-10(8-12)9(2)7-11(3,4)5/h10,12H,2,6-8H2,1,3-5H3. The van der Waals surface area contributed by atoms with Crippen molar-refractivity contribution in [2.45, 2.75) is 40.5 Å². The highest BCUT2D eigenvalue weighted by Crippen LogP contribution is 2.28. The van der Waals surface area contributed by atoms with Crippen LogP contribution in [0.1, 0.15) is 40.5 Å². The summed E-state index contributed by atoms with van der Waals surface area (Å²) in [6.45, 7) is 12.9. The topological polar surface area (TPSA) is 20.2 Å². The Morgan fingerprint density at radius 2 is 1.92 bits per heavy atom. The molecule has 0 heterocycles. The predicted octanol–water partition coefficient (Wildman–Crippen LogP) is 3.00. The average molecular weight is 170 g/mol. The van der Waals surface area contributed by atoms with Crippen molar-refractivity contribution >= 4 is 0 Å². The van der Waals surface area contributed by atoms with Crippen LogP contribution in [-0.2, 0) is 0 Å². The molecule has 0 aromatic carbocycles. The van der Waals surface area contributed by atoms with Gasteiger partial charge in [-0.05, 0) is 18.3 Å². The number of rotatable bonds is 4. The molecular weight excluding hydrogens is 148 g/mol. The number of aliphatic hydroxyl groups excluding tert-OH is 1. The van der Waals surface area contributed by atoms with Crippen molar-refractivity contribution in [3.8, 4) is 0 Å². The summed E-state index contributed by atoms with van der Waals surface area (Å²) < 4.78 is 0. The molecule has 0 bridgehead atoms. The molecular formula is C11H22O. The number of hydrogen-bond donors (Lipinski definition) is 1. The third kappa shape index (κ3) is 4.55. The summed E-state index contributed by atoms with van der Waals surface area (Å²) in [6.07, 6.45) is 2.00. The van der Waals surface area contributed by atoms with E-state index in [1.807, 2.05) is 0 Å². The fraction of sp³-hybridized carbons (Fsp3) is 0.818. The molecule has 0 radical (unpaired) electrons. The van der Waals surface area contributed by atoms with Gasteiger partial charge in [-0.25, -0.2) is 0 Å². The molecule has 0 saturated heterocycles. The third-order valence-corrected chi connectivity index (χ3v) is 2.05. The lowest BCUT2D eigenvalue weighted by Crippen LogP contribution is -2.14. The Balaban J connectivity index is 4.02. The van der Waals surface area contributed by atoms with Gasteiger partial charge in [-0.1, -0.05) is 39.8 Å². The summed E-state index contributed by atoms with van der Waals surface area (Å²) in [4.78, 5) is 0. The van der Waals surface area contributed by atoms with Crippen LogP contribution in [0.3, 0.4) is 0 Å². The molecule has 1 unspecified atom stereocenters. The maximum Gasteiger partial charge on any atom is 0.0496 e. The lowest BCUT2D eigenvalue weighted by Gasteiger charge is -2.23. The second-order valence-corrected chi connectivity index (χ2v) is 4.68. The van der Waals surface area contributed by atoms with Crippen molar-refractivity contribution in [3.05, 3.63) is 12.2 Å². The first-order valence-electron chi connectivity index (χ1n) is 4.69. The summed E-state index contributed by atoms with van der Waals surface area (Å²) in [7, 11) is 0. The molecule has 0 aliphatic carbocycles. The fourth-order valence-corrected chi connectivity index (χ4v) is 1.37. The van der Waals surface area contributed by atoms with E-state index in [4.69, 9.17) is 5.11 Å². The summed E-state index contributed by atoms with van der Waals surface area (Å²) in [5.41, 5.74) is 1.48. The second-order valence-electron chi connectivity index (χ2n) is 4.68. The normalized spacial score (nSPS) is 14.4. The van der Waals surface area contributed by atoms with Crippen LogP contribution in [0.15, 0.2) is 12.2 Å². The van der Waals surface area contributed by atoms with E-state index in [-0.39, 0.29) is 6.61 Å². The van der Waals surface area contributed by atoms with Gasteiger partial charge >= 0.3 is 0 Å². The number of hydrogen-bond acceptors (Lipinski definition) is 1. The van der Waals surface area contributed by atoms with Gasteiger partial charge in [-0.15, -0.1) is 0 Å². The van der Waals surface area contributed by atoms with Gasteiger partial charge in [0.1, 0.15) is 0 Å². The van der Waals surface area contributed by atoms with E-state index in [9.17, 15) is 0 Å². The molecule has 0 amide bonds. The molecule has 0 fully saturated rings. The Kier molecular flexibility index (Phi) is 4.54. The summed E-state index contributed by atoms with van der Waals surface area (Å²) in [5, 5.41) is 9.03. The van der Waals surface area contributed by atoms with Crippen molar-refractivity contribution in [1.82, 2.24) is 0 Å². The van der Waals surface area contributed by atoms with E-state index in [2.05, 4.69) is 34.3 Å². The molecule has 0 saturated carbocycles.